The number of amides is 2. The van der Waals surface area contributed by atoms with Gasteiger partial charge < -0.3 is 10.2 Å². The maximum atomic E-state index is 12.7. The third-order valence-corrected chi connectivity index (χ3v) is 5.34. The molecule has 4 nitrogen and oxygen atoms in total. The van der Waals surface area contributed by atoms with Crippen LogP contribution in [-0.4, -0.2) is 18.4 Å². The molecule has 0 unspecified atom stereocenters. The minimum atomic E-state index is -0.337. The van der Waals surface area contributed by atoms with Crippen LogP contribution in [0.2, 0.25) is 0 Å². The fraction of sp³-hybridized carbons (Fsp3) is 0.333. The van der Waals surface area contributed by atoms with Gasteiger partial charge in [-0.25, -0.2) is 0 Å². The third-order valence-electron chi connectivity index (χ3n) is 4.84. The minimum absolute atomic E-state index is 0.00336. The van der Waals surface area contributed by atoms with Gasteiger partial charge in [0.15, 0.2) is 0 Å². The predicted molar refractivity (Wildman–Crippen MR) is 109 cm³/mol. The number of rotatable bonds is 4. The van der Waals surface area contributed by atoms with E-state index in [-0.39, 0.29) is 24.2 Å². The van der Waals surface area contributed by atoms with Gasteiger partial charge in [-0.15, -0.1) is 0 Å². The molecule has 136 valence electrons. The van der Waals surface area contributed by atoms with Crippen molar-refractivity contribution >= 4 is 39.1 Å². The maximum absolute atomic E-state index is 12.7. The largest absolute Gasteiger partial charge is 0.326 e. The Balaban J connectivity index is 1.75. The summed E-state index contributed by atoms with van der Waals surface area (Å²) >= 11 is 3.46. The Bertz CT molecular complexity index is 863. The lowest BCUT2D eigenvalue weighted by molar-refractivity contribution is -0.122. The Kier molecular flexibility index (Phi) is 5.47. The van der Waals surface area contributed by atoms with Crippen molar-refractivity contribution < 1.29 is 9.59 Å². The molecule has 1 N–H and O–H groups in total. The van der Waals surface area contributed by atoms with Gasteiger partial charge in [-0.3, -0.25) is 9.59 Å². The minimum Gasteiger partial charge on any atom is -0.326 e. The maximum Gasteiger partial charge on any atom is 0.229 e. The molecular weight excluding hydrogens is 392 g/mol. The molecule has 0 radical (unpaired) electrons. The van der Waals surface area contributed by atoms with E-state index in [2.05, 4.69) is 34.2 Å². The van der Waals surface area contributed by atoms with Crippen molar-refractivity contribution in [3.05, 3.63) is 57.6 Å². The Morgan fingerprint density at radius 1 is 1.23 bits per heavy atom. The Morgan fingerprint density at radius 3 is 2.69 bits per heavy atom. The van der Waals surface area contributed by atoms with Crippen LogP contribution < -0.4 is 10.2 Å². The van der Waals surface area contributed by atoms with E-state index in [0.717, 1.165) is 39.0 Å². The van der Waals surface area contributed by atoms with Crippen LogP contribution in [0.25, 0.3) is 0 Å². The quantitative estimate of drug-likeness (QED) is 0.792. The number of benzene rings is 2. The van der Waals surface area contributed by atoms with E-state index in [1.165, 1.54) is 0 Å². The Labute approximate surface area is 162 Å². The van der Waals surface area contributed by atoms with Gasteiger partial charge in [-0.2, -0.15) is 0 Å². The molecule has 1 aliphatic heterocycles. The van der Waals surface area contributed by atoms with Gasteiger partial charge in [0.1, 0.15) is 0 Å². The summed E-state index contributed by atoms with van der Waals surface area (Å²) in [6.45, 7) is 6.51. The fourth-order valence-corrected chi connectivity index (χ4v) is 3.84. The number of halogens is 1. The summed E-state index contributed by atoms with van der Waals surface area (Å²) in [4.78, 5) is 27.0. The van der Waals surface area contributed by atoms with Gasteiger partial charge in [-0.05, 0) is 55.7 Å². The molecule has 2 aromatic carbocycles. The summed E-state index contributed by atoms with van der Waals surface area (Å²) in [5.74, 6) is -0.428. The molecule has 26 heavy (non-hydrogen) atoms. The molecule has 1 saturated heterocycles. The van der Waals surface area contributed by atoms with Gasteiger partial charge in [0.05, 0.1) is 5.92 Å². The van der Waals surface area contributed by atoms with E-state index in [1.807, 2.05) is 44.2 Å². The number of hydrogen-bond acceptors (Lipinski definition) is 2. The summed E-state index contributed by atoms with van der Waals surface area (Å²) < 4.78 is 0.990. The predicted octanol–water partition coefficient (Wildman–Crippen LogP) is 4.62. The van der Waals surface area contributed by atoms with Gasteiger partial charge in [0, 0.05) is 28.8 Å². The van der Waals surface area contributed by atoms with Crippen LogP contribution in [0.5, 0.6) is 0 Å². The highest BCUT2D eigenvalue weighted by atomic mass is 79.9. The van der Waals surface area contributed by atoms with Crippen molar-refractivity contribution in [2.45, 2.75) is 33.6 Å². The number of nitrogens with zero attached hydrogens (tertiary/aromatic N) is 1. The zero-order valence-electron chi connectivity index (χ0n) is 15.3. The van der Waals surface area contributed by atoms with E-state index >= 15 is 0 Å². The van der Waals surface area contributed by atoms with Gasteiger partial charge in [0.25, 0.3) is 0 Å². The molecule has 0 aliphatic carbocycles. The van der Waals surface area contributed by atoms with Crippen LogP contribution in [0.1, 0.15) is 30.0 Å². The molecular formula is C21H23BrN2O2. The first-order valence-corrected chi connectivity index (χ1v) is 9.65. The lowest BCUT2D eigenvalue weighted by Gasteiger charge is -2.19. The van der Waals surface area contributed by atoms with Crippen molar-refractivity contribution in [3.8, 4) is 0 Å². The van der Waals surface area contributed by atoms with E-state index in [1.54, 1.807) is 4.90 Å². The number of anilines is 2. The lowest BCUT2D eigenvalue weighted by Crippen LogP contribution is -2.28. The molecule has 0 bridgehead atoms. The van der Waals surface area contributed by atoms with Crippen LogP contribution in [0.4, 0.5) is 11.4 Å². The highest BCUT2D eigenvalue weighted by molar-refractivity contribution is 9.10. The molecule has 1 aliphatic rings. The van der Waals surface area contributed by atoms with E-state index in [0.29, 0.717) is 6.54 Å². The third kappa shape index (κ3) is 3.83. The smallest absolute Gasteiger partial charge is 0.229 e. The second-order valence-electron chi connectivity index (χ2n) is 6.84. The standard InChI is InChI=1S/C21H23BrN2O2/c1-4-15-10-17(22)6-7-18(15)23-21(26)16-11-20(25)24(12-16)19-8-5-13(2)9-14(19)3/h5-10,16H,4,11-12H2,1-3H3,(H,23,26)/t16-/m1/s1. The normalized spacial score (nSPS) is 16.8. The molecule has 2 aromatic rings. The average Bonchev–Trinajstić information content (AvgIpc) is 2.98. The summed E-state index contributed by atoms with van der Waals surface area (Å²) in [7, 11) is 0. The molecule has 1 atom stereocenters. The molecule has 1 heterocycles. The van der Waals surface area contributed by atoms with Crippen LogP contribution in [-0.2, 0) is 16.0 Å². The van der Waals surface area contributed by atoms with Crippen LogP contribution in [0.15, 0.2) is 40.9 Å². The lowest BCUT2D eigenvalue weighted by atomic mass is 10.1. The topological polar surface area (TPSA) is 49.4 Å². The highest BCUT2D eigenvalue weighted by Gasteiger charge is 2.35. The van der Waals surface area contributed by atoms with Gasteiger partial charge >= 0.3 is 0 Å². The van der Waals surface area contributed by atoms with Gasteiger partial charge in [-0.1, -0.05) is 40.5 Å². The second-order valence-corrected chi connectivity index (χ2v) is 7.76. The van der Waals surface area contributed by atoms with E-state index in [9.17, 15) is 9.59 Å². The fourth-order valence-electron chi connectivity index (χ4n) is 3.44. The Morgan fingerprint density at radius 2 is 2.00 bits per heavy atom. The van der Waals surface area contributed by atoms with Crippen molar-refractivity contribution in [1.82, 2.24) is 0 Å². The molecule has 5 heteroatoms. The zero-order valence-corrected chi connectivity index (χ0v) is 16.9. The summed E-state index contributed by atoms with van der Waals surface area (Å²) in [5, 5.41) is 3.01. The number of aryl methyl sites for hydroxylation is 3. The molecule has 3 rings (SSSR count). The SMILES string of the molecule is CCc1cc(Br)ccc1NC(=O)[C@@H]1CC(=O)N(c2ccc(C)cc2C)C1. The molecule has 2 amide bonds. The zero-order chi connectivity index (χ0) is 18.8. The van der Waals surface area contributed by atoms with Crippen LogP contribution in [0.3, 0.4) is 0 Å². The van der Waals surface area contributed by atoms with Crippen molar-refractivity contribution in [1.29, 1.82) is 0 Å². The van der Waals surface area contributed by atoms with Crippen molar-refractivity contribution in [2.24, 2.45) is 5.92 Å². The summed E-state index contributed by atoms with van der Waals surface area (Å²) in [6, 6.07) is 11.9. The number of nitrogens with one attached hydrogen (secondary N) is 1. The highest BCUT2D eigenvalue weighted by Crippen LogP contribution is 2.30. The molecule has 0 saturated carbocycles. The van der Waals surface area contributed by atoms with Crippen molar-refractivity contribution in [2.75, 3.05) is 16.8 Å². The van der Waals surface area contributed by atoms with Crippen LogP contribution in [0, 0.1) is 19.8 Å². The number of carbonyl (C=O) groups is 2. The van der Waals surface area contributed by atoms with Crippen LogP contribution >= 0.6 is 15.9 Å². The average molecular weight is 415 g/mol. The van der Waals surface area contributed by atoms with Crippen molar-refractivity contribution in [3.63, 3.8) is 0 Å². The van der Waals surface area contributed by atoms with Gasteiger partial charge in [0.2, 0.25) is 11.8 Å². The number of carbonyl (C=O) groups excluding carboxylic acids is 2. The van der Waals surface area contributed by atoms with E-state index < -0.39 is 0 Å². The molecule has 1 fully saturated rings. The first-order valence-electron chi connectivity index (χ1n) is 8.86. The number of hydrogen-bond donors (Lipinski definition) is 1. The first kappa shape index (κ1) is 18.6. The second kappa shape index (κ2) is 7.62. The summed E-state index contributed by atoms with van der Waals surface area (Å²) in [6.07, 6.45) is 1.07. The first-order chi connectivity index (χ1) is 12.4. The molecule has 0 spiro atoms. The Hall–Kier alpha value is -2.14. The monoisotopic (exact) mass is 414 g/mol. The van der Waals surface area contributed by atoms with E-state index in [4.69, 9.17) is 0 Å². The summed E-state index contributed by atoms with van der Waals surface area (Å²) in [5.41, 5.74) is 5.00. The molecule has 0 aromatic heterocycles.